The number of hydrogen-bond donors (Lipinski definition) is 1. The summed E-state index contributed by atoms with van der Waals surface area (Å²) in [5, 5.41) is 9.58. The molecule has 1 saturated carbocycles. The van der Waals surface area contributed by atoms with Crippen LogP contribution >= 0.6 is 0 Å². The van der Waals surface area contributed by atoms with Crippen LogP contribution in [0.4, 0.5) is 0 Å². The summed E-state index contributed by atoms with van der Waals surface area (Å²) >= 11 is 0. The maximum absolute atomic E-state index is 9.58. The Bertz CT molecular complexity index is 113. The van der Waals surface area contributed by atoms with Crippen molar-refractivity contribution in [1.82, 2.24) is 0 Å². The van der Waals surface area contributed by atoms with E-state index in [0.29, 0.717) is 11.8 Å². The Morgan fingerprint density at radius 3 is 2.36 bits per heavy atom. The summed E-state index contributed by atoms with van der Waals surface area (Å²) in [4.78, 5) is 0. The van der Waals surface area contributed by atoms with Crippen molar-refractivity contribution in [1.29, 1.82) is 0 Å². The van der Waals surface area contributed by atoms with Crippen LogP contribution in [0.3, 0.4) is 0 Å². The summed E-state index contributed by atoms with van der Waals surface area (Å²) < 4.78 is 5.21. The minimum absolute atomic E-state index is 0.0613. The normalized spacial score (nSPS) is 45.8. The molecule has 11 heavy (non-hydrogen) atoms. The average Bonchev–Trinajstić information content (AvgIpc) is 1.85. The van der Waals surface area contributed by atoms with E-state index in [-0.39, 0.29) is 12.2 Å². The van der Waals surface area contributed by atoms with Crippen molar-refractivity contribution in [2.75, 3.05) is 7.11 Å². The van der Waals surface area contributed by atoms with E-state index in [0.717, 1.165) is 6.42 Å². The van der Waals surface area contributed by atoms with Gasteiger partial charge >= 0.3 is 0 Å². The third-order valence-corrected chi connectivity index (χ3v) is 2.63. The van der Waals surface area contributed by atoms with E-state index < -0.39 is 0 Å². The van der Waals surface area contributed by atoms with Gasteiger partial charge in [-0.3, -0.25) is 0 Å². The maximum atomic E-state index is 9.58. The van der Waals surface area contributed by atoms with Crippen molar-refractivity contribution in [2.24, 2.45) is 11.8 Å². The molecule has 4 atom stereocenters. The Kier molecular flexibility index (Phi) is 2.90. The molecule has 1 N–H and O–H groups in total. The minimum Gasteiger partial charge on any atom is -0.390 e. The van der Waals surface area contributed by atoms with Crippen LogP contribution in [-0.2, 0) is 4.74 Å². The van der Waals surface area contributed by atoms with Gasteiger partial charge in [0.25, 0.3) is 0 Å². The SMILES string of the molecule is COC1C(C)CC(C)CC1O. The van der Waals surface area contributed by atoms with Crippen LogP contribution < -0.4 is 0 Å². The Labute approximate surface area is 68.6 Å². The van der Waals surface area contributed by atoms with Gasteiger partial charge in [0.1, 0.15) is 0 Å². The first-order chi connectivity index (χ1) is 5.15. The molecule has 0 aromatic carbocycles. The molecule has 1 rings (SSSR count). The van der Waals surface area contributed by atoms with Gasteiger partial charge in [-0.15, -0.1) is 0 Å². The molecule has 66 valence electrons. The Morgan fingerprint density at radius 1 is 1.27 bits per heavy atom. The van der Waals surface area contributed by atoms with Gasteiger partial charge in [-0.2, -0.15) is 0 Å². The van der Waals surface area contributed by atoms with Crippen molar-refractivity contribution in [3.05, 3.63) is 0 Å². The Hall–Kier alpha value is -0.0800. The second-order valence-corrected chi connectivity index (χ2v) is 3.82. The first-order valence-electron chi connectivity index (χ1n) is 4.36. The quantitative estimate of drug-likeness (QED) is 0.625. The molecule has 0 amide bonds. The number of aliphatic hydroxyl groups excluding tert-OH is 1. The number of methoxy groups -OCH3 is 1. The van der Waals surface area contributed by atoms with E-state index in [2.05, 4.69) is 13.8 Å². The fraction of sp³-hybridized carbons (Fsp3) is 1.00. The minimum atomic E-state index is -0.251. The average molecular weight is 158 g/mol. The van der Waals surface area contributed by atoms with Gasteiger partial charge in [0.2, 0.25) is 0 Å². The first-order valence-corrected chi connectivity index (χ1v) is 4.36. The zero-order chi connectivity index (χ0) is 8.43. The Morgan fingerprint density at radius 2 is 1.91 bits per heavy atom. The summed E-state index contributed by atoms with van der Waals surface area (Å²) in [6.45, 7) is 4.33. The van der Waals surface area contributed by atoms with E-state index >= 15 is 0 Å². The van der Waals surface area contributed by atoms with Crippen molar-refractivity contribution < 1.29 is 9.84 Å². The van der Waals surface area contributed by atoms with E-state index in [9.17, 15) is 5.11 Å². The van der Waals surface area contributed by atoms with E-state index in [4.69, 9.17) is 4.74 Å². The fourth-order valence-electron chi connectivity index (χ4n) is 2.18. The van der Waals surface area contributed by atoms with Gasteiger partial charge in [-0.1, -0.05) is 13.8 Å². The predicted molar refractivity (Wildman–Crippen MR) is 44.4 cm³/mol. The third-order valence-electron chi connectivity index (χ3n) is 2.63. The highest BCUT2D eigenvalue weighted by Gasteiger charge is 2.32. The van der Waals surface area contributed by atoms with Gasteiger partial charge in [0.05, 0.1) is 12.2 Å². The zero-order valence-electron chi connectivity index (χ0n) is 7.58. The number of ether oxygens (including phenoxy) is 1. The molecule has 1 aliphatic carbocycles. The maximum Gasteiger partial charge on any atom is 0.0855 e. The van der Waals surface area contributed by atoms with Crippen LogP contribution in [0.5, 0.6) is 0 Å². The van der Waals surface area contributed by atoms with Gasteiger partial charge in [0.15, 0.2) is 0 Å². The smallest absolute Gasteiger partial charge is 0.0855 e. The van der Waals surface area contributed by atoms with E-state index in [1.807, 2.05) is 0 Å². The van der Waals surface area contributed by atoms with Crippen LogP contribution in [0.1, 0.15) is 26.7 Å². The molecule has 0 spiro atoms. The summed E-state index contributed by atoms with van der Waals surface area (Å²) in [7, 11) is 1.68. The van der Waals surface area contributed by atoms with Crippen molar-refractivity contribution in [3.63, 3.8) is 0 Å². The van der Waals surface area contributed by atoms with Crippen LogP contribution in [0, 0.1) is 11.8 Å². The highest BCUT2D eigenvalue weighted by atomic mass is 16.5. The summed E-state index contributed by atoms with van der Waals surface area (Å²) in [5.74, 6) is 1.14. The molecule has 0 aliphatic heterocycles. The molecular weight excluding hydrogens is 140 g/mol. The molecule has 1 aliphatic rings. The predicted octanol–water partition coefficient (Wildman–Crippen LogP) is 1.43. The molecule has 4 unspecified atom stereocenters. The molecular formula is C9H18O2. The molecule has 0 bridgehead atoms. The molecule has 0 radical (unpaired) electrons. The van der Waals surface area contributed by atoms with Crippen LogP contribution in [-0.4, -0.2) is 24.4 Å². The third kappa shape index (κ3) is 1.94. The second kappa shape index (κ2) is 3.55. The lowest BCUT2D eigenvalue weighted by Gasteiger charge is -2.35. The largest absolute Gasteiger partial charge is 0.390 e. The van der Waals surface area contributed by atoms with E-state index in [1.165, 1.54) is 6.42 Å². The standard InChI is InChI=1S/C9H18O2/c1-6-4-7(2)9(11-3)8(10)5-6/h6-10H,4-5H2,1-3H3. The number of aliphatic hydroxyl groups is 1. The lowest BCUT2D eigenvalue weighted by atomic mass is 9.79. The lowest BCUT2D eigenvalue weighted by Crippen LogP contribution is -2.40. The summed E-state index contributed by atoms with van der Waals surface area (Å²) in [6.07, 6.45) is 1.88. The van der Waals surface area contributed by atoms with Crippen molar-refractivity contribution in [3.8, 4) is 0 Å². The van der Waals surface area contributed by atoms with Crippen molar-refractivity contribution >= 4 is 0 Å². The van der Waals surface area contributed by atoms with Crippen LogP contribution in [0.25, 0.3) is 0 Å². The van der Waals surface area contributed by atoms with Crippen molar-refractivity contribution in [2.45, 2.75) is 38.9 Å². The van der Waals surface area contributed by atoms with Crippen LogP contribution in [0.2, 0.25) is 0 Å². The van der Waals surface area contributed by atoms with Gasteiger partial charge in [0, 0.05) is 7.11 Å². The molecule has 0 aromatic rings. The number of rotatable bonds is 1. The fourth-order valence-corrected chi connectivity index (χ4v) is 2.18. The summed E-state index contributed by atoms with van der Waals surface area (Å²) in [5.41, 5.74) is 0. The Balaban J connectivity index is 2.52. The van der Waals surface area contributed by atoms with Gasteiger partial charge in [-0.05, 0) is 24.7 Å². The molecule has 0 saturated heterocycles. The molecule has 0 heterocycles. The van der Waals surface area contributed by atoms with Gasteiger partial charge in [-0.25, -0.2) is 0 Å². The van der Waals surface area contributed by atoms with E-state index in [1.54, 1.807) is 7.11 Å². The van der Waals surface area contributed by atoms with Crippen LogP contribution in [0.15, 0.2) is 0 Å². The zero-order valence-corrected chi connectivity index (χ0v) is 7.58. The molecule has 1 fully saturated rings. The monoisotopic (exact) mass is 158 g/mol. The molecule has 2 heteroatoms. The topological polar surface area (TPSA) is 29.5 Å². The summed E-state index contributed by atoms with van der Waals surface area (Å²) in [6, 6.07) is 0. The lowest BCUT2D eigenvalue weighted by molar-refractivity contribution is -0.0766. The molecule has 0 aromatic heterocycles. The number of hydrogen-bond acceptors (Lipinski definition) is 2. The highest BCUT2D eigenvalue weighted by Crippen LogP contribution is 2.30. The molecule has 2 nitrogen and oxygen atoms in total. The van der Waals surface area contributed by atoms with Gasteiger partial charge < -0.3 is 9.84 Å². The first kappa shape index (κ1) is 9.01. The second-order valence-electron chi connectivity index (χ2n) is 3.82. The highest BCUT2D eigenvalue weighted by molar-refractivity contribution is 4.83.